The van der Waals surface area contributed by atoms with Crippen molar-refractivity contribution in [3.8, 4) is 11.3 Å². The lowest BCUT2D eigenvalue weighted by atomic mass is 10.0. The zero-order valence-corrected chi connectivity index (χ0v) is 17.9. The van der Waals surface area contributed by atoms with E-state index in [4.69, 9.17) is 0 Å². The van der Waals surface area contributed by atoms with E-state index in [1.165, 1.54) is 29.7 Å². The predicted octanol–water partition coefficient (Wildman–Crippen LogP) is 4.45. The Morgan fingerprint density at radius 1 is 1.03 bits per heavy atom. The van der Waals surface area contributed by atoms with Gasteiger partial charge in [-0.05, 0) is 36.1 Å². The summed E-state index contributed by atoms with van der Waals surface area (Å²) in [5.74, 6) is -0.637. The molecule has 1 N–H and O–H groups in total. The predicted molar refractivity (Wildman–Crippen MR) is 121 cm³/mol. The molecule has 0 saturated heterocycles. The third kappa shape index (κ3) is 3.97. The molecule has 0 aliphatic heterocycles. The molecule has 2 aliphatic carbocycles. The SMILES string of the molecule is O=C(NC1CCCCCC1)c1c2c(nn(Cc3ccc(F)cc3)c1=O)-c1ccccc1C2. The van der Waals surface area contributed by atoms with E-state index in [0.29, 0.717) is 17.7 Å². The molecule has 1 heterocycles. The van der Waals surface area contributed by atoms with Crippen LogP contribution in [0, 0.1) is 5.82 Å². The molecule has 0 atom stereocenters. The van der Waals surface area contributed by atoms with E-state index >= 15 is 0 Å². The van der Waals surface area contributed by atoms with E-state index in [1.807, 2.05) is 24.3 Å². The molecule has 5 rings (SSSR count). The molecule has 1 saturated carbocycles. The molecule has 5 nitrogen and oxygen atoms in total. The summed E-state index contributed by atoms with van der Waals surface area (Å²) >= 11 is 0. The maximum absolute atomic E-state index is 13.5. The minimum atomic E-state index is -0.396. The minimum Gasteiger partial charge on any atom is -0.349 e. The molecule has 32 heavy (non-hydrogen) atoms. The van der Waals surface area contributed by atoms with Gasteiger partial charge in [0.1, 0.15) is 11.4 Å². The molecule has 2 aromatic carbocycles. The standard InChI is InChI=1S/C26H26FN3O2/c27-19-13-11-17(12-14-19)16-30-26(32)23(25(31)28-20-8-3-1-2-4-9-20)22-15-18-7-5-6-10-21(18)24(22)29-30/h5-7,10-14,20H,1-4,8-9,15-16H2,(H,28,31). The Kier molecular flexibility index (Phi) is 5.60. The number of fused-ring (bicyclic) bond motifs is 3. The van der Waals surface area contributed by atoms with Crippen molar-refractivity contribution in [3.05, 3.63) is 87.0 Å². The molecule has 0 spiro atoms. The largest absolute Gasteiger partial charge is 0.349 e. The first kappa shape index (κ1) is 20.6. The Balaban J connectivity index is 1.56. The summed E-state index contributed by atoms with van der Waals surface area (Å²) in [5.41, 5.74) is 3.97. The van der Waals surface area contributed by atoms with Gasteiger partial charge in [-0.25, -0.2) is 9.07 Å². The Bertz CT molecular complexity index is 1210. The molecule has 1 fully saturated rings. The molecule has 2 aliphatic rings. The van der Waals surface area contributed by atoms with E-state index in [-0.39, 0.29) is 29.9 Å². The quantitative estimate of drug-likeness (QED) is 0.486. The molecule has 0 unspecified atom stereocenters. The highest BCUT2D eigenvalue weighted by atomic mass is 19.1. The monoisotopic (exact) mass is 431 g/mol. The van der Waals surface area contributed by atoms with Crippen LogP contribution in [0.5, 0.6) is 0 Å². The number of nitrogens with zero attached hydrogens (tertiary/aromatic N) is 2. The number of hydrogen-bond acceptors (Lipinski definition) is 3. The average molecular weight is 432 g/mol. The number of carbonyl (C=O) groups excluding carboxylic acids is 1. The Labute approximate surface area is 186 Å². The summed E-state index contributed by atoms with van der Waals surface area (Å²) in [4.78, 5) is 26.9. The first-order chi connectivity index (χ1) is 15.6. The first-order valence-corrected chi connectivity index (χ1v) is 11.4. The van der Waals surface area contributed by atoms with Crippen molar-refractivity contribution in [2.45, 2.75) is 57.5 Å². The number of nitrogens with one attached hydrogen (secondary N) is 1. The van der Waals surface area contributed by atoms with Crippen LogP contribution in [0.15, 0.2) is 53.3 Å². The number of benzene rings is 2. The molecule has 3 aromatic rings. The highest BCUT2D eigenvalue weighted by Gasteiger charge is 2.30. The zero-order valence-electron chi connectivity index (χ0n) is 17.9. The van der Waals surface area contributed by atoms with Crippen LogP contribution in [-0.4, -0.2) is 21.7 Å². The Hall–Kier alpha value is -3.28. The van der Waals surface area contributed by atoms with Crippen molar-refractivity contribution in [2.24, 2.45) is 0 Å². The van der Waals surface area contributed by atoms with Crippen LogP contribution in [0.4, 0.5) is 4.39 Å². The molecule has 164 valence electrons. The molecule has 1 amide bonds. The summed E-state index contributed by atoms with van der Waals surface area (Å²) in [6.07, 6.45) is 7.00. The fraction of sp³-hybridized carbons (Fsp3) is 0.346. The first-order valence-electron chi connectivity index (χ1n) is 11.4. The number of halogens is 1. The van der Waals surface area contributed by atoms with Crippen LogP contribution in [0.2, 0.25) is 0 Å². The van der Waals surface area contributed by atoms with Crippen LogP contribution in [0.1, 0.15) is 65.6 Å². The van der Waals surface area contributed by atoms with Gasteiger partial charge in [-0.2, -0.15) is 5.10 Å². The van der Waals surface area contributed by atoms with Gasteiger partial charge in [-0.3, -0.25) is 9.59 Å². The van der Waals surface area contributed by atoms with Crippen molar-refractivity contribution in [1.29, 1.82) is 0 Å². The topological polar surface area (TPSA) is 64.0 Å². The van der Waals surface area contributed by atoms with Gasteiger partial charge in [0.25, 0.3) is 11.5 Å². The number of carbonyl (C=O) groups is 1. The summed E-state index contributed by atoms with van der Waals surface area (Å²) in [6, 6.07) is 14.0. The fourth-order valence-corrected chi connectivity index (χ4v) is 4.87. The van der Waals surface area contributed by atoms with Crippen molar-refractivity contribution < 1.29 is 9.18 Å². The van der Waals surface area contributed by atoms with Crippen LogP contribution in [0.25, 0.3) is 11.3 Å². The third-order valence-corrected chi connectivity index (χ3v) is 6.56. The van der Waals surface area contributed by atoms with E-state index in [2.05, 4.69) is 10.4 Å². The maximum Gasteiger partial charge on any atom is 0.280 e. The summed E-state index contributed by atoms with van der Waals surface area (Å²) in [7, 11) is 0. The van der Waals surface area contributed by atoms with E-state index in [1.54, 1.807) is 12.1 Å². The Morgan fingerprint density at radius 2 is 1.75 bits per heavy atom. The second-order valence-electron chi connectivity index (χ2n) is 8.79. The lowest BCUT2D eigenvalue weighted by Gasteiger charge is -2.18. The van der Waals surface area contributed by atoms with Gasteiger partial charge in [0.15, 0.2) is 0 Å². The highest BCUT2D eigenvalue weighted by molar-refractivity contribution is 5.98. The molecule has 0 radical (unpaired) electrons. The van der Waals surface area contributed by atoms with Crippen molar-refractivity contribution >= 4 is 5.91 Å². The zero-order chi connectivity index (χ0) is 22.1. The fourth-order valence-electron chi connectivity index (χ4n) is 4.87. The average Bonchev–Trinajstić information content (AvgIpc) is 2.96. The van der Waals surface area contributed by atoms with Crippen molar-refractivity contribution in [2.75, 3.05) is 0 Å². The number of rotatable bonds is 4. The third-order valence-electron chi connectivity index (χ3n) is 6.56. The van der Waals surface area contributed by atoms with Crippen molar-refractivity contribution in [3.63, 3.8) is 0 Å². The molecule has 0 bridgehead atoms. The van der Waals surface area contributed by atoms with E-state index < -0.39 is 5.56 Å². The second-order valence-corrected chi connectivity index (χ2v) is 8.79. The normalized spacial score (nSPS) is 15.7. The second kappa shape index (κ2) is 8.69. The highest BCUT2D eigenvalue weighted by Crippen LogP contribution is 2.35. The number of amides is 1. The van der Waals surface area contributed by atoms with Gasteiger partial charge in [-0.1, -0.05) is 62.1 Å². The van der Waals surface area contributed by atoms with Gasteiger partial charge in [0.05, 0.1) is 12.2 Å². The van der Waals surface area contributed by atoms with Crippen molar-refractivity contribution in [1.82, 2.24) is 15.1 Å². The molecular formula is C26H26FN3O2. The van der Waals surface area contributed by atoms with Gasteiger partial charge < -0.3 is 5.32 Å². The molecular weight excluding hydrogens is 405 g/mol. The van der Waals surface area contributed by atoms with Gasteiger partial charge in [0, 0.05) is 23.6 Å². The van der Waals surface area contributed by atoms with Crippen LogP contribution in [0.3, 0.4) is 0 Å². The van der Waals surface area contributed by atoms with Gasteiger partial charge in [0.2, 0.25) is 0 Å². The van der Waals surface area contributed by atoms with E-state index in [0.717, 1.165) is 42.4 Å². The summed E-state index contributed by atoms with van der Waals surface area (Å²) in [6.45, 7) is 0.179. The lowest BCUT2D eigenvalue weighted by Crippen LogP contribution is -2.40. The number of aromatic nitrogens is 2. The van der Waals surface area contributed by atoms with Crippen LogP contribution >= 0.6 is 0 Å². The van der Waals surface area contributed by atoms with Gasteiger partial charge in [-0.15, -0.1) is 0 Å². The smallest absolute Gasteiger partial charge is 0.280 e. The minimum absolute atomic E-state index is 0.0996. The number of hydrogen-bond donors (Lipinski definition) is 1. The van der Waals surface area contributed by atoms with Crippen LogP contribution in [-0.2, 0) is 13.0 Å². The molecule has 1 aromatic heterocycles. The van der Waals surface area contributed by atoms with Gasteiger partial charge >= 0.3 is 0 Å². The summed E-state index contributed by atoms with van der Waals surface area (Å²) in [5, 5.41) is 7.79. The maximum atomic E-state index is 13.5. The van der Waals surface area contributed by atoms with Crippen LogP contribution < -0.4 is 10.9 Å². The molecule has 6 heteroatoms. The van der Waals surface area contributed by atoms with E-state index in [9.17, 15) is 14.0 Å². The lowest BCUT2D eigenvalue weighted by molar-refractivity contribution is 0.0930. The Morgan fingerprint density at radius 3 is 2.50 bits per heavy atom. The summed E-state index contributed by atoms with van der Waals surface area (Å²) < 4.78 is 14.7.